The summed E-state index contributed by atoms with van der Waals surface area (Å²) in [5.74, 6) is 0.0957. The number of carbonyl (C=O) groups is 3. The molecule has 0 unspecified atom stereocenters. The Bertz CT molecular complexity index is 895. The van der Waals surface area contributed by atoms with Crippen LogP contribution in [0.4, 0.5) is 4.79 Å². The third-order valence-electron chi connectivity index (χ3n) is 4.50. The maximum atomic E-state index is 12.9. The van der Waals surface area contributed by atoms with Gasteiger partial charge in [-0.15, -0.1) is 0 Å². The second-order valence-electron chi connectivity index (χ2n) is 6.32. The van der Waals surface area contributed by atoms with E-state index in [9.17, 15) is 14.4 Å². The summed E-state index contributed by atoms with van der Waals surface area (Å²) in [5, 5.41) is 3.33. The number of benzene rings is 2. The minimum absolute atomic E-state index is 0.294. The number of amides is 4. The smallest absolute Gasteiger partial charge is 0.344 e. The number of methoxy groups -OCH3 is 1. The fourth-order valence-electron chi connectivity index (χ4n) is 2.90. The summed E-state index contributed by atoms with van der Waals surface area (Å²) in [6, 6.07) is 12.5. The highest BCUT2D eigenvalue weighted by molar-refractivity contribution is 6.09. The van der Waals surface area contributed by atoms with E-state index in [2.05, 4.69) is 10.7 Å². The Morgan fingerprint density at radius 2 is 1.68 bits per heavy atom. The molecule has 28 heavy (non-hydrogen) atoms. The van der Waals surface area contributed by atoms with Gasteiger partial charge in [0.1, 0.15) is 17.0 Å². The minimum Gasteiger partial charge on any atom is -0.497 e. The maximum Gasteiger partial charge on any atom is 0.344 e. The Hall–Kier alpha value is -3.55. The Balaban J connectivity index is 1.76. The Kier molecular flexibility index (Phi) is 5.21. The zero-order chi connectivity index (χ0) is 20.3. The van der Waals surface area contributed by atoms with Gasteiger partial charge in [0.05, 0.1) is 13.7 Å². The molecule has 1 heterocycles. The molecule has 0 spiro atoms. The van der Waals surface area contributed by atoms with Crippen LogP contribution < -0.4 is 20.2 Å². The Morgan fingerprint density at radius 1 is 1.07 bits per heavy atom. The van der Waals surface area contributed by atoms with E-state index in [1.807, 2.05) is 6.92 Å². The van der Waals surface area contributed by atoms with E-state index in [1.165, 1.54) is 7.11 Å². The second kappa shape index (κ2) is 7.59. The van der Waals surface area contributed by atoms with Crippen molar-refractivity contribution < 1.29 is 23.9 Å². The second-order valence-corrected chi connectivity index (χ2v) is 6.32. The van der Waals surface area contributed by atoms with Crippen LogP contribution in [0.15, 0.2) is 48.5 Å². The van der Waals surface area contributed by atoms with Gasteiger partial charge in [0.25, 0.3) is 11.8 Å². The molecular formula is C20H21N3O5. The van der Waals surface area contributed by atoms with E-state index in [4.69, 9.17) is 9.47 Å². The molecule has 2 aromatic rings. The molecule has 1 fully saturated rings. The van der Waals surface area contributed by atoms with Gasteiger partial charge in [-0.3, -0.25) is 15.0 Å². The fraction of sp³-hybridized carbons (Fsp3) is 0.250. The molecule has 0 aromatic heterocycles. The highest BCUT2D eigenvalue weighted by atomic mass is 16.5. The monoisotopic (exact) mass is 383 g/mol. The van der Waals surface area contributed by atoms with Crippen LogP contribution in [0.2, 0.25) is 0 Å². The predicted octanol–water partition coefficient (Wildman–Crippen LogP) is 2.21. The van der Waals surface area contributed by atoms with Crippen molar-refractivity contribution in [2.75, 3.05) is 13.7 Å². The number of carbonyl (C=O) groups excluding carboxylic acids is 3. The van der Waals surface area contributed by atoms with Crippen LogP contribution in [0.1, 0.15) is 29.8 Å². The predicted molar refractivity (Wildman–Crippen MR) is 101 cm³/mol. The van der Waals surface area contributed by atoms with Crippen LogP contribution in [0.3, 0.4) is 0 Å². The van der Waals surface area contributed by atoms with E-state index in [0.29, 0.717) is 34.2 Å². The van der Waals surface area contributed by atoms with Gasteiger partial charge >= 0.3 is 6.03 Å². The third-order valence-corrected chi connectivity index (χ3v) is 4.50. The van der Waals surface area contributed by atoms with Gasteiger partial charge < -0.3 is 14.8 Å². The van der Waals surface area contributed by atoms with Crippen molar-refractivity contribution in [3.63, 3.8) is 0 Å². The molecule has 2 N–H and O–H groups in total. The quantitative estimate of drug-likeness (QED) is 0.746. The van der Waals surface area contributed by atoms with Crippen molar-refractivity contribution in [3.8, 4) is 11.5 Å². The topological polar surface area (TPSA) is 97.0 Å². The van der Waals surface area contributed by atoms with Gasteiger partial charge in [0, 0.05) is 5.56 Å². The first-order valence-electron chi connectivity index (χ1n) is 8.74. The first-order valence-corrected chi connectivity index (χ1v) is 8.74. The van der Waals surface area contributed by atoms with Crippen LogP contribution in [-0.2, 0) is 10.3 Å². The molecule has 3 rings (SSSR count). The van der Waals surface area contributed by atoms with E-state index in [1.54, 1.807) is 55.5 Å². The molecule has 1 aliphatic rings. The summed E-state index contributed by atoms with van der Waals surface area (Å²) in [5.41, 5.74) is 1.93. The largest absolute Gasteiger partial charge is 0.497 e. The lowest BCUT2D eigenvalue weighted by Crippen LogP contribution is -2.47. The van der Waals surface area contributed by atoms with E-state index >= 15 is 0 Å². The minimum atomic E-state index is -1.30. The number of urea groups is 1. The zero-order valence-electron chi connectivity index (χ0n) is 15.8. The summed E-state index contributed by atoms with van der Waals surface area (Å²) in [6.45, 7) is 3.95. The highest BCUT2D eigenvalue weighted by Gasteiger charge is 2.50. The number of hydrogen-bond acceptors (Lipinski definition) is 5. The molecule has 1 atom stereocenters. The van der Waals surface area contributed by atoms with E-state index < -0.39 is 23.4 Å². The van der Waals surface area contributed by atoms with Gasteiger partial charge in [-0.05, 0) is 55.8 Å². The van der Waals surface area contributed by atoms with Gasteiger partial charge in [-0.2, -0.15) is 5.01 Å². The lowest BCUT2D eigenvalue weighted by Gasteiger charge is -2.22. The SMILES string of the molecule is CCOc1ccc(C(=O)NN2C(=O)N[C@@](C)(c3ccc(OC)cc3)C2=O)cc1. The van der Waals surface area contributed by atoms with Gasteiger partial charge in [0.15, 0.2) is 0 Å². The molecule has 1 aliphatic heterocycles. The molecule has 1 saturated heterocycles. The van der Waals surface area contributed by atoms with Crippen molar-refractivity contribution in [2.24, 2.45) is 0 Å². The van der Waals surface area contributed by atoms with Crippen LogP contribution in [0.5, 0.6) is 11.5 Å². The third kappa shape index (κ3) is 3.48. The van der Waals surface area contributed by atoms with Crippen molar-refractivity contribution in [1.82, 2.24) is 15.8 Å². The zero-order valence-corrected chi connectivity index (χ0v) is 15.8. The van der Waals surface area contributed by atoms with Crippen molar-refractivity contribution in [3.05, 3.63) is 59.7 Å². The fourth-order valence-corrected chi connectivity index (χ4v) is 2.90. The Labute approximate surface area is 162 Å². The van der Waals surface area contributed by atoms with Crippen molar-refractivity contribution >= 4 is 17.8 Å². The van der Waals surface area contributed by atoms with Gasteiger partial charge in [-0.25, -0.2) is 4.79 Å². The maximum absolute atomic E-state index is 12.9. The van der Waals surface area contributed by atoms with Crippen molar-refractivity contribution in [1.29, 1.82) is 0 Å². The molecular weight excluding hydrogens is 362 g/mol. The van der Waals surface area contributed by atoms with E-state index in [-0.39, 0.29) is 0 Å². The summed E-state index contributed by atoms with van der Waals surface area (Å²) in [7, 11) is 1.54. The summed E-state index contributed by atoms with van der Waals surface area (Å²) in [4.78, 5) is 37.7. The lowest BCUT2D eigenvalue weighted by molar-refractivity contribution is -0.132. The molecule has 4 amide bonds. The normalized spacial score (nSPS) is 18.6. The highest BCUT2D eigenvalue weighted by Crippen LogP contribution is 2.29. The standard InChI is InChI=1S/C20H21N3O5/c1-4-28-16-9-5-13(6-10-16)17(24)22-23-18(25)20(2,21-19(23)26)14-7-11-15(27-3)12-8-14/h5-12H,4H2,1-3H3,(H,21,26)(H,22,24)/t20-/m0/s1. The van der Waals surface area contributed by atoms with Gasteiger partial charge in [0.2, 0.25) is 0 Å². The molecule has 0 aliphatic carbocycles. The molecule has 8 heteroatoms. The van der Waals surface area contributed by atoms with Crippen LogP contribution in [-0.4, -0.2) is 36.6 Å². The van der Waals surface area contributed by atoms with E-state index in [0.717, 1.165) is 0 Å². The average Bonchev–Trinajstić information content (AvgIpc) is 2.93. The Morgan fingerprint density at radius 3 is 2.25 bits per heavy atom. The average molecular weight is 383 g/mol. The molecule has 146 valence electrons. The van der Waals surface area contributed by atoms with Crippen LogP contribution in [0, 0.1) is 0 Å². The van der Waals surface area contributed by atoms with Crippen LogP contribution in [0.25, 0.3) is 0 Å². The van der Waals surface area contributed by atoms with Crippen LogP contribution >= 0.6 is 0 Å². The number of ether oxygens (including phenoxy) is 2. The van der Waals surface area contributed by atoms with Gasteiger partial charge in [-0.1, -0.05) is 12.1 Å². The molecule has 0 saturated carbocycles. The number of nitrogens with one attached hydrogen (secondary N) is 2. The first kappa shape index (κ1) is 19.2. The number of imide groups is 1. The molecule has 8 nitrogen and oxygen atoms in total. The number of hydrogen-bond donors (Lipinski definition) is 2. The van der Waals surface area contributed by atoms with Crippen molar-refractivity contribution in [2.45, 2.75) is 19.4 Å². The molecule has 0 radical (unpaired) electrons. The number of rotatable bonds is 6. The molecule has 2 aromatic carbocycles. The summed E-state index contributed by atoms with van der Waals surface area (Å²) >= 11 is 0. The first-order chi connectivity index (χ1) is 13.4. The number of hydrazine groups is 1. The summed E-state index contributed by atoms with van der Waals surface area (Å²) < 4.78 is 10.4. The lowest BCUT2D eigenvalue weighted by atomic mass is 9.92. The number of nitrogens with zero attached hydrogens (tertiary/aromatic N) is 1. The molecule has 0 bridgehead atoms. The summed E-state index contributed by atoms with van der Waals surface area (Å²) in [6.07, 6.45) is 0.